The molecule has 0 saturated heterocycles. The van der Waals surface area contributed by atoms with Crippen molar-refractivity contribution in [1.29, 1.82) is 0 Å². The number of ether oxygens (including phenoxy) is 1. The Balaban J connectivity index is 1.65. The molecule has 0 heterocycles. The molecule has 0 saturated carbocycles. The lowest BCUT2D eigenvalue weighted by Gasteiger charge is -2.13. The first kappa shape index (κ1) is 25.7. The standard InChI is InChI=1S/C25H29N3O4S/c1-2-17-26-24(31)20-13-6-7-14-21(20)27-25(33)28-22(29)15-8-16-23(30)32-18-9-12-19-10-4-3-5-11-19/h2-7,10-11,13-14H,1,8-9,12,15-18H2,(H,26,31)(H2,27,28,29,33). The molecular weight excluding hydrogens is 438 g/mol. The Kier molecular flexibility index (Phi) is 11.3. The number of hydrogen-bond donors (Lipinski definition) is 3. The molecule has 0 radical (unpaired) electrons. The lowest BCUT2D eigenvalue weighted by molar-refractivity contribution is -0.143. The zero-order valence-corrected chi connectivity index (χ0v) is 19.3. The number of carbonyl (C=O) groups excluding carboxylic acids is 3. The molecule has 0 spiro atoms. The summed E-state index contributed by atoms with van der Waals surface area (Å²) in [5.74, 6) is -0.927. The van der Waals surface area contributed by atoms with E-state index in [1.165, 1.54) is 5.56 Å². The van der Waals surface area contributed by atoms with Gasteiger partial charge >= 0.3 is 5.97 Å². The van der Waals surface area contributed by atoms with Crippen LogP contribution in [0.5, 0.6) is 0 Å². The van der Waals surface area contributed by atoms with E-state index in [4.69, 9.17) is 17.0 Å². The van der Waals surface area contributed by atoms with Gasteiger partial charge < -0.3 is 20.7 Å². The van der Waals surface area contributed by atoms with Gasteiger partial charge in [0.25, 0.3) is 5.91 Å². The number of thiocarbonyl (C=S) groups is 1. The molecule has 8 heteroatoms. The molecule has 0 atom stereocenters. The predicted molar refractivity (Wildman–Crippen MR) is 133 cm³/mol. The lowest BCUT2D eigenvalue weighted by atomic mass is 10.1. The second kappa shape index (κ2) is 14.5. The van der Waals surface area contributed by atoms with Crippen molar-refractivity contribution in [3.8, 4) is 0 Å². The number of para-hydroxylation sites is 1. The third-order valence-corrected chi connectivity index (χ3v) is 4.78. The molecule has 0 fully saturated rings. The smallest absolute Gasteiger partial charge is 0.305 e. The van der Waals surface area contributed by atoms with Crippen LogP contribution in [0.1, 0.15) is 41.6 Å². The largest absolute Gasteiger partial charge is 0.466 e. The third kappa shape index (κ3) is 10.1. The summed E-state index contributed by atoms with van der Waals surface area (Å²) in [6.45, 7) is 4.26. The van der Waals surface area contributed by atoms with Gasteiger partial charge in [-0.3, -0.25) is 14.4 Å². The van der Waals surface area contributed by atoms with E-state index >= 15 is 0 Å². The van der Waals surface area contributed by atoms with Gasteiger partial charge in [-0.05, 0) is 49.2 Å². The lowest BCUT2D eigenvalue weighted by Crippen LogP contribution is -2.35. The van der Waals surface area contributed by atoms with Crippen LogP contribution >= 0.6 is 12.2 Å². The monoisotopic (exact) mass is 467 g/mol. The highest BCUT2D eigenvalue weighted by Gasteiger charge is 2.13. The maximum atomic E-state index is 12.2. The van der Waals surface area contributed by atoms with Gasteiger partial charge in [-0.15, -0.1) is 6.58 Å². The SMILES string of the molecule is C=CCNC(=O)c1ccccc1NC(=S)NC(=O)CCCC(=O)OCCCc1ccccc1. The van der Waals surface area contributed by atoms with E-state index in [1.807, 2.05) is 30.3 Å². The number of carbonyl (C=O) groups is 3. The van der Waals surface area contributed by atoms with Crippen molar-refractivity contribution < 1.29 is 19.1 Å². The molecular formula is C25H29N3O4S. The molecule has 33 heavy (non-hydrogen) atoms. The molecule has 2 amide bonds. The van der Waals surface area contributed by atoms with Gasteiger partial charge in [0.15, 0.2) is 5.11 Å². The van der Waals surface area contributed by atoms with E-state index in [9.17, 15) is 14.4 Å². The number of benzene rings is 2. The predicted octanol–water partition coefficient (Wildman–Crippen LogP) is 3.76. The highest BCUT2D eigenvalue weighted by atomic mass is 32.1. The van der Waals surface area contributed by atoms with Crippen molar-refractivity contribution >= 4 is 40.8 Å². The van der Waals surface area contributed by atoms with Crippen LogP contribution < -0.4 is 16.0 Å². The highest BCUT2D eigenvalue weighted by Crippen LogP contribution is 2.15. The van der Waals surface area contributed by atoms with Gasteiger partial charge in [0.05, 0.1) is 17.9 Å². The molecule has 2 rings (SSSR count). The van der Waals surface area contributed by atoms with Crippen molar-refractivity contribution in [2.75, 3.05) is 18.5 Å². The maximum absolute atomic E-state index is 12.2. The second-order valence-corrected chi connectivity index (χ2v) is 7.62. The zero-order chi connectivity index (χ0) is 23.9. The molecule has 3 N–H and O–H groups in total. The van der Waals surface area contributed by atoms with Crippen LogP contribution in [0.2, 0.25) is 0 Å². The summed E-state index contributed by atoms with van der Waals surface area (Å²) in [6.07, 6.45) is 3.82. The Morgan fingerprint density at radius 3 is 2.45 bits per heavy atom. The van der Waals surface area contributed by atoms with E-state index in [2.05, 4.69) is 22.5 Å². The van der Waals surface area contributed by atoms with E-state index in [0.717, 1.165) is 12.8 Å². The van der Waals surface area contributed by atoms with Crippen molar-refractivity contribution in [3.63, 3.8) is 0 Å². The summed E-state index contributed by atoms with van der Waals surface area (Å²) in [6, 6.07) is 16.8. The van der Waals surface area contributed by atoms with Crippen LogP contribution in [0.25, 0.3) is 0 Å². The van der Waals surface area contributed by atoms with Gasteiger partial charge in [0, 0.05) is 19.4 Å². The second-order valence-electron chi connectivity index (χ2n) is 7.21. The Hall–Kier alpha value is -3.52. The van der Waals surface area contributed by atoms with Gasteiger partial charge in [-0.25, -0.2) is 0 Å². The Morgan fingerprint density at radius 2 is 1.70 bits per heavy atom. The fraction of sp³-hybridized carbons (Fsp3) is 0.280. The minimum Gasteiger partial charge on any atom is -0.466 e. The Bertz CT molecular complexity index is 963. The Labute approximate surface area is 199 Å². The number of amides is 2. The molecule has 2 aromatic rings. The van der Waals surface area contributed by atoms with Crippen LogP contribution in [-0.2, 0) is 20.7 Å². The van der Waals surface area contributed by atoms with Crippen LogP contribution in [0.15, 0.2) is 67.3 Å². The van der Waals surface area contributed by atoms with Crippen LogP contribution in [0.3, 0.4) is 0 Å². The summed E-state index contributed by atoms with van der Waals surface area (Å²) in [5.41, 5.74) is 2.07. The Morgan fingerprint density at radius 1 is 0.970 bits per heavy atom. The van der Waals surface area contributed by atoms with Crippen molar-refractivity contribution in [1.82, 2.24) is 10.6 Å². The quantitative estimate of drug-likeness (QED) is 0.190. The first-order valence-electron chi connectivity index (χ1n) is 10.8. The molecule has 174 valence electrons. The van der Waals surface area contributed by atoms with E-state index in [-0.39, 0.29) is 35.7 Å². The van der Waals surface area contributed by atoms with E-state index in [0.29, 0.717) is 30.8 Å². The van der Waals surface area contributed by atoms with Crippen LogP contribution in [0.4, 0.5) is 5.69 Å². The first-order valence-corrected chi connectivity index (χ1v) is 11.2. The average Bonchev–Trinajstić information content (AvgIpc) is 2.81. The van der Waals surface area contributed by atoms with Crippen molar-refractivity contribution in [2.24, 2.45) is 0 Å². The fourth-order valence-corrected chi connectivity index (χ4v) is 3.19. The first-order chi connectivity index (χ1) is 16.0. The van der Waals surface area contributed by atoms with Gasteiger partial charge in [-0.2, -0.15) is 0 Å². The summed E-state index contributed by atoms with van der Waals surface area (Å²) in [4.78, 5) is 36.2. The minimum atomic E-state index is -0.323. The minimum absolute atomic E-state index is 0.0764. The fourth-order valence-electron chi connectivity index (χ4n) is 2.97. The summed E-state index contributed by atoms with van der Waals surface area (Å²) < 4.78 is 5.22. The number of aryl methyl sites for hydroxylation is 1. The number of esters is 1. The van der Waals surface area contributed by atoms with Gasteiger partial charge in [-0.1, -0.05) is 48.5 Å². The molecule has 0 bridgehead atoms. The molecule has 0 aliphatic carbocycles. The molecule has 0 aliphatic heterocycles. The molecule has 7 nitrogen and oxygen atoms in total. The van der Waals surface area contributed by atoms with Crippen molar-refractivity contribution in [2.45, 2.75) is 32.1 Å². The van der Waals surface area contributed by atoms with Crippen LogP contribution in [0, 0.1) is 0 Å². The summed E-state index contributed by atoms with van der Waals surface area (Å²) in [7, 11) is 0. The molecule has 0 aliphatic rings. The van der Waals surface area contributed by atoms with Crippen LogP contribution in [-0.4, -0.2) is 36.0 Å². The molecule has 0 aromatic heterocycles. The number of hydrogen-bond acceptors (Lipinski definition) is 5. The topological polar surface area (TPSA) is 96.5 Å². The summed E-state index contributed by atoms with van der Waals surface area (Å²) >= 11 is 5.18. The normalized spacial score (nSPS) is 10.1. The number of rotatable bonds is 12. The number of nitrogens with one attached hydrogen (secondary N) is 3. The summed E-state index contributed by atoms with van der Waals surface area (Å²) in [5, 5.41) is 8.20. The van der Waals surface area contributed by atoms with E-state index < -0.39 is 0 Å². The third-order valence-electron chi connectivity index (χ3n) is 4.58. The average molecular weight is 468 g/mol. The molecule has 0 unspecified atom stereocenters. The number of anilines is 1. The van der Waals surface area contributed by atoms with E-state index in [1.54, 1.807) is 30.3 Å². The van der Waals surface area contributed by atoms with Gasteiger partial charge in [0.1, 0.15) is 0 Å². The highest BCUT2D eigenvalue weighted by molar-refractivity contribution is 7.80. The van der Waals surface area contributed by atoms with Crippen molar-refractivity contribution in [3.05, 3.63) is 78.4 Å². The maximum Gasteiger partial charge on any atom is 0.305 e. The molecule has 2 aromatic carbocycles. The van der Waals surface area contributed by atoms with Gasteiger partial charge in [0.2, 0.25) is 5.91 Å². The zero-order valence-electron chi connectivity index (χ0n) is 18.5.